The lowest BCUT2D eigenvalue weighted by Crippen LogP contribution is -2.61. The molecule has 0 unspecified atom stereocenters. The maximum Gasteiger partial charge on any atom is 0.257 e. The molecule has 1 aromatic heterocycles. The summed E-state index contributed by atoms with van der Waals surface area (Å²) in [5.74, 6) is 0.938. The maximum atomic E-state index is 7.37. The van der Waals surface area contributed by atoms with Crippen molar-refractivity contribution >= 4 is 68.4 Å². The standard InChI is InChI=1S/C57H69BN2O/c1-34-26-46-50-47(27-34)60(39-20-22-42-43(33-39)57(16,17)25-24-56(42,14)15)51-49(41-21-18-36(53(5,6)7)32-48(41)61-51)58(50)44-31-35(52(2,3)4)19-23-45(44)59(46)40-29-37(54(8,9)10)28-38(30-40)55(11,12)13/h18-23,26-33H,24-25H2,1-17H3. The van der Waals surface area contributed by atoms with Gasteiger partial charge in [0.05, 0.1) is 0 Å². The largest absolute Gasteiger partial charge is 0.440 e. The van der Waals surface area contributed by atoms with Crippen LogP contribution in [0, 0.1) is 6.92 Å². The van der Waals surface area contributed by atoms with Crippen LogP contribution in [-0.4, -0.2) is 6.71 Å². The van der Waals surface area contributed by atoms with Gasteiger partial charge in [-0.2, -0.15) is 0 Å². The van der Waals surface area contributed by atoms with E-state index in [1.54, 1.807) is 0 Å². The molecule has 1 aliphatic carbocycles. The van der Waals surface area contributed by atoms with Gasteiger partial charge >= 0.3 is 0 Å². The van der Waals surface area contributed by atoms with Crippen LogP contribution in [0.1, 0.15) is 163 Å². The van der Waals surface area contributed by atoms with Gasteiger partial charge in [-0.25, -0.2) is 0 Å². The number of nitrogens with zero attached hydrogens (tertiary/aromatic N) is 2. The number of fused-ring (bicyclic) bond motifs is 7. The van der Waals surface area contributed by atoms with Crippen molar-refractivity contribution in [3.05, 3.63) is 124 Å². The molecule has 0 bridgehead atoms. The monoisotopic (exact) mass is 809 g/mol. The normalized spacial score (nSPS) is 17.0. The lowest BCUT2D eigenvalue weighted by molar-refractivity contribution is 0.332. The molecule has 0 amide bonds. The third-order valence-electron chi connectivity index (χ3n) is 14.6. The fraction of sp³-hybridized carbons (Fsp3) is 0.439. The molecule has 0 N–H and O–H groups in total. The van der Waals surface area contributed by atoms with Gasteiger partial charge in [0.15, 0.2) is 0 Å². The van der Waals surface area contributed by atoms with Gasteiger partial charge in [-0.1, -0.05) is 147 Å². The van der Waals surface area contributed by atoms with Crippen LogP contribution in [-0.2, 0) is 32.5 Å². The Morgan fingerprint density at radius 1 is 0.492 bits per heavy atom. The molecule has 0 saturated carbocycles. The number of hydrogen-bond donors (Lipinski definition) is 0. The van der Waals surface area contributed by atoms with Crippen molar-refractivity contribution in [2.75, 3.05) is 9.80 Å². The Morgan fingerprint density at radius 2 is 1.03 bits per heavy atom. The molecule has 0 fully saturated rings. The summed E-state index contributed by atoms with van der Waals surface area (Å²) >= 11 is 0. The molecule has 0 saturated heterocycles. The molecular weight excluding hydrogens is 739 g/mol. The fourth-order valence-electron chi connectivity index (χ4n) is 10.4. The number of hydrogen-bond acceptors (Lipinski definition) is 3. The molecule has 0 atom stereocenters. The Labute approximate surface area is 368 Å². The van der Waals surface area contributed by atoms with Crippen LogP contribution in [0.5, 0.6) is 0 Å². The molecule has 0 spiro atoms. The number of furan rings is 1. The molecule has 9 rings (SSSR count). The highest BCUT2D eigenvalue weighted by Crippen LogP contribution is 2.51. The number of aryl methyl sites for hydroxylation is 1. The van der Waals surface area contributed by atoms with Crippen LogP contribution in [0.15, 0.2) is 89.3 Å². The van der Waals surface area contributed by atoms with Crippen LogP contribution < -0.4 is 26.2 Å². The summed E-state index contributed by atoms with van der Waals surface area (Å²) < 4.78 is 7.37. The van der Waals surface area contributed by atoms with E-state index >= 15 is 0 Å². The first-order valence-electron chi connectivity index (χ1n) is 22.9. The van der Waals surface area contributed by atoms with Crippen LogP contribution in [0.3, 0.4) is 0 Å². The highest BCUT2D eigenvalue weighted by molar-refractivity contribution is 7.01. The summed E-state index contributed by atoms with van der Waals surface area (Å²) in [7, 11) is 0. The first-order chi connectivity index (χ1) is 28.1. The van der Waals surface area contributed by atoms with Crippen molar-refractivity contribution in [1.29, 1.82) is 0 Å². The average Bonchev–Trinajstić information content (AvgIpc) is 3.53. The molecule has 2 aliphatic heterocycles. The van der Waals surface area contributed by atoms with Crippen LogP contribution >= 0.6 is 0 Å². The molecule has 5 aromatic carbocycles. The molecule has 4 heteroatoms. The molecule has 0 radical (unpaired) electrons. The highest BCUT2D eigenvalue weighted by atomic mass is 16.4. The van der Waals surface area contributed by atoms with Crippen molar-refractivity contribution in [3.8, 4) is 0 Å². The van der Waals surface area contributed by atoms with Gasteiger partial charge in [0.25, 0.3) is 6.71 Å². The van der Waals surface area contributed by atoms with Crippen molar-refractivity contribution in [2.45, 2.75) is 163 Å². The third kappa shape index (κ3) is 6.69. The SMILES string of the molecule is Cc1cc2c3c(c1)N(c1ccc4c(c1)C(C)(C)CCC4(C)C)c1oc4cc(C(C)(C)C)ccc4c1B3c1cc(C(C)(C)C)ccc1N2c1cc(C(C)(C)C)cc(C(C)(C)C)c1. The number of anilines is 6. The Balaban J connectivity index is 1.42. The third-order valence-corrected chi connectivity index (χ3v) is 14.6. The second-order valence-corrected chi connectivity index (χ2v) is 24.4. The number of benzene rings is 5. The predicted octanol–water partition coefficient (Wildman–Crippen LogP) is 14.4. The van der Waals surface area contributed by atoms with Gasteiger partial charge in [0, 0.05) is 39.3 Å². The van der Waals surface area contributed by atoms with E-state index in [0.717, 1.165) is 23.6 Å². The minimum atomic E-state index is -0.0342. The fourth-order valence-corrected chi connectivity index (χ4v) is 10.4. The van der Waals surface area contributed by atoms with Gasteiger partial charge in [-0.3, -0.25) is 4.90 Å². The van der Waals surface area contributed by atoms with Crippen LogP contribution in [0.25, 0.3) is 11.0 Å². The molecule has 61 heavy (non-hydrogen) atoms. The van der Waals surface area contributed by atoms with Gasteiger partial charge in [0.2, 0.25) is 5.88 Å². The van der Waals surface area contributed by atoms with Crippen molar-refractivity contribution < 1.29 is 4.42 Å². The van der Waals surface area contributed by atoms with E-state index in [2.05, 4.69) is 212 Å². The molecule has 3 nitrogen and oxygen atoms in total. The van der Waals surface area contributed by atoms with Crippen LogP contribution in [0.2, 0.25) is 0 Å². The van der Waals surface area contributed by atoms with Gasteiger partial charge < -0.3 is 9.32 Å². The Bertz CT molecular complexity index is 2740. The van der Waals surface area contributed by atoms with Gasteiger partial charge in [0.1, 0.15) is 5.58 Å². The Kier molecular flexibility index (Phi) is 8.99. The van der Waals surface area contributed by atoms with Crippen molar-refractivity contribution in [2.24, 2.45) is 0 Å². The van der Waals surface area contributed by atoms with E-state index in [9.17, 15) is 0 Å². The predicted molar refractivity (Wildman–Crippen MR) is 265 cm³/mol. The minimum absolute atomic E-state index is 0.0155. The molecule has 316 valence electrons. The van der Waals surface area contributed by atoms with E-state index in [1.165, 1.54) is 89.9 Å². The van der Waals surface area contributed by atoms with E-state index < -0.39 is 0 Å². The summed E-state index contributed by atoms with van der Waals surface area (Å²) in [6.07, 6.45) is 2.35. The van der Waals surface area contributed by atoms with E-state index in [-0.39, 0.29) is 39.2 Å². The summed E-state index contributed by atoms with van der Waals surface area (Å²) in [5, 5.41) is 1.19. The summed E-state index contributed by atoms with van der Waals surface area (Å²) in [6.45, 7) is 39.9. The van der Waals surface area contributed by atoms with E-state index in [1.807, 2.05) is 0 Å². The van der Waals surface area contributed by atoms with Crippen molar-refractivity contribution in [1.82, 2.24) is 0 Å². The summed E-state index contributed by atoms with van der Waals surface area (Å²) in [6, 6.07) is 33.9. The zero-order valence-electron chi connectivity index (χ0n) is 40.4. The summed E-state index contributed by atoms with van der Waals surface area (Å²) in [5.41, 5.74) is 20.5. The molecule has 6 aromatic rings. The summed E-state index contributed by atoms with van der Waals surface area (Å²) in [4.78, 5) is 5.10. The zero-order valence-corrected chi connectivity index (χ0v) is 40.4. The molecule has 3 aliphatic rings. The zero-order chi connectivity index (χ0) is 44.1. The van der Waals surface area contributed by atoms with E-state index in [4.69, 9.17) is 4.42 Å². The lowest BCUT2D eigenvalue weighted by atomic mass is 9.33. The van der Waals surface area contributed by atoms with E-state index in [0.29, 0.717) is 0 Å². The topological polar surface area (TPSA) is 19.6 Å². The van der Waals surface area contributed by atoms with Crippen LogP contribution in [0.4, 0.5) is 34.3 Å². The average molecular weight is 809 g/mol. The quantitative estimate of drug-likeness (QED) is 0.162. The van der Waals surface area contributed by atoms with Gasteiger partial charge in [-0.15, -0.1) is 0 Å². The first kappa shape index (κ1) is 41.6. The Morgan fingerprint density at radius 3 is 1.62 bits per heavy atom. The highest BCUT2D eigenvalue weighted by Gasteiger charge is 2.47. The maximum absolute atomic E-state index is 7.37. The lowest BCUT2D eigenvalue weighted by Gasteiger charge is -2.45. The Hall–Kier alpha value is -4.70. The second kappa shape index (κ2) is 13.2. The molecule has 3 heterocycles. The number of rotatable bonds is 2. The first-order valence-corrected chi connectivity index (χ1v) is 22.9. The molecular formula is C57H69BN2O. The van der Waals surface area contributed by atoms with Gasteiger partial charge in [-0.05, 0) is 151 Å². The van der Waals surface area contributed by atoms with Crippen molar-refractivity contribution in [3.63, 3.8) is 0 Å². The second-order valence-electron chi connectivity index (χ2n) is 24.4. The minimum Gasteiger partial charge on any atom is -0.440 e. The smallest absolute Gasteiger partial charge is 0.257 e.